The highest BCUT2D eigenvalue weighted by Crippen LogP contribution is 2.03. The molecular formula is C15H34N4O. The number of hydrogen-bond donors (Lipinski definition) is 1. The largest absolute Gasteiger partial charge is 0.341 e. The predicted molar refractivity (Wildman–Crippen MR) is 85.8 cm³/mol. The summed E-state index contributed by atoms with van der Waals surface area (Å²) < 4.78 is 0. The molecule has 0 aliphatic heterocycles. The highest BCUT2D eigenvalue weighted by Gasteiger charge is 2.19. The van der Waals surface area contributed by atoms with Crippen molar-refractivity contribution in [1.29, 1.82) is 0 Å². The monoisotopic (exact) mass is 286 g/mol. The zero-order valence-corrected chi connectivity index (χ0v) is 14.1. The van der Waals surface area contributed by atoms with E-state index in [0.29, 0.717) is 0 Å². The van der Waals surface area contributed by atoms with Crippen molar-refractivity contribution < 1.29 is 4.79 Å². The van der Waals surface area contributed by atoms with Crippen molar-refractivity contribution in [2.75, 3.05) is 54.4 Å². The summed E-state index contributed by atoms with van der Waals surface area (Å²) in [7, 11) is 8.23. The molecule has 0 saturated carbocycles. The smallest absolute Gasteiger partial charge is 0.239 e. The van der Waals surface area contributed by atoms with Crippen LogP contribution in [0, 0.1) is 0 Å². The Labute approximate surface area is 125 Å². The van der Waals surface area contributed by atoms with Crippen LogP contribution < -0.4 is 5.73 Å². The van der Waals surface area contributed by atoms with E-state index in [1.807, 2.05) is 4.90 Å². The molecule has 0 heterocycles. The second-order valence-electron chi connectivity index (χ2n) is 6.03. The van der Waals surface area contributed by atoms with Crippen LogP contribution in [-0.2, 0) is 4.79 Å². The van der Waals surface area contributed by atoms with Gasteiger partial charge in [-0.1, -0.05) is 13.3 Å². The van der Waals surface area contributed by atoms with Crippen LogP contribution in [0.1, 0.15) is 32.6 Å². The van der Waals surface area contributed by atoms with E-state index in [4.69, 9.17) is 5.73 Å². The topological polar surface area (TPSA) is 52.8 Å². The molecule has 1 unspecified atom stereocenters. The van der Waals surface area contributed by atoms with E-state index in [-0.39, 0.29) is 11.9 Å². The fourth-order valence-corrected chi connectivity index (χ4v) is 2.16. The number of carbonyl (C=O) groups is 1. The molecule has 0 radical (unpaired) electrons. The lowest BCUT2D eigenvalue weighted by Gasteiger charge is -2.27. The molecule has 1 amide bonds. The molecule has 0 aromatic heterocycles. The normalized spacial score (nSPS) is 13.0. The second kappa shape index (κ2) is 11.1. The Kier molecular flexibility index (Phi) is 10.7. The molecule has 5 heteroatoms. The van der Waals surface area contributed by atoms with Gasteiger partial charge >= 0.3 is 0 Å². The number of hydrogen-bond acceptors (Lipinski definition) is 4. The molecule has 1 atom stereocenters. The molecule has 0 fully saturated rings. The van der Waals surface area contributed by atoms with Crippen molar-refractivity contribution in [3.63, 3.8) is 0 Å². The van der Waals surface area contributed by atoms with Crippen LogP contribution >= 0.6 is 0 Å². The zero-order chi connectivity index (χ0) is 15.5. The van der Waals surface area contributed by atoms with E-state index in [0.717, 1.165) is 51.9 Å². The molecule has 2 N–H and O–H groups in total. The van der Waals surface area contributed by atoms with Gasteiger partial charge in [-0.3, -0.25) is 4.79 Å². The standard InChI is InChI=1S/C15H34N4O/c1-6-9-14(16)15(20)19(12-7-10-17(2)3)13-8-11-18(4)5/h14H,6-13,16H2,1-5H3. The van der Waals surface area contributed by atoms with Crippen LogP contribution in [0.5, 0.6) is 0 Å². The molecule has 5 nitrogen and oxygen atoms in total. The molecule has 0 aliphatic rings. The van der Waals surface area contributed by atoms with Crippen LogP contribution in [0.4, 0.5) is 0 Å². The average molecular weight is 286 g/mol. The van der Waals surface area contributed by atoms with Gasteiger partial charge in [-0.05, 0) is 60.5 Å². The highest BCUT2D eigenvalue weighted by atomic mass is 16.2. The van der Waals surface area contributed by atoms with Crippen molar-refractivity contribution in [2.45, 2.75) is 38.6 Å². The predicted octanol–water partition coefficient (Wildman–Crippen LogP) is 0.846. The van der Waals surface area contributed by atoms with Crippen LogP contribution in [-0.4, -0.2) is 81.0 Å². The van der Waals surface area contributed by atoms with Crippen molar-refractivity contribution in [3.05, 3.63) is 0 Å². The summed E-state index contributed by atoms with van der Waals surface area (Å²) in [6.07, 6.45) is 3.73. The maximum absolute atomic E-state index is 12.4. The van der Waals surface area contributed by atoms with Gasteiger partial charge in [0.1, 0.15) is 0 Å². The zero-order valence-electron chi connectivity index (χ0n) is 14.1. The first-order chi connectivity index (χ1) is 9.38. The summed E-state index contributed by atoms with van der Waals surface area (Å²) in [5.41, 5.74) is 5.98. The third kappa shape index (κ3) is 9.28. The lowest BCUT2D eigenvalue weighted by Crippen LogP contribution is -2.45. The quantitative estimate of drug-likeness (QED) is 0.612. The van der Waals surface area contributed by atoms with E-state index in [9.17, 15) is 4.79 Å². The summed E-state index contributed by atoms with van der Waals surface area (Å²) >= 11 is 0. The number of rotatable bonds is 11. The third-order valence-corrected chi connectivity index (χ3v) is 3.30. The van der Waals surface area contributed by atoms with E-state index in [1.54, 1.807) is 0 Å². The van der Waals surface area contributed by atoms with Gasteiger partial charge in [-0.2, -0.15) is 0 Å². The van der Waals surface area contributed by atoms with Gasteiger partial charge in [0.25, 0.3) is 0 Å². The minimum absolute atomic E-state index is 0.115. The third-order valence-electron chi connectivity index (χ3n) is 3.30. The van der Waals surface area contributed by atoms with Crippen molar-refractivity contribution in [1.82, 2.24) is 14.7 Å². The molecule has 0 aromatic rings. The molecule has 0 aromatic carbocycles. The van der Waals surface area contributed by atoms with Crippen molar-refractivity contribution in [2.24, 2.45) is 5.73 Å². The van der Waals surface area contributed by atoms with Gasteiger partial charge in [0, 0.05) is 13.1 Å². The number of carbonyl (C=O) groups excluding carboxylic acids is 1. The molecule has 0 rings (SSSR count). The maximum atomic E-state index is 12.4. The Morgan fingerprint density at radius 2 is 1.40 bits per heavy atom. The number of amides is 1. The molecule has 0 saturated heterocycles. The first-order valence-electron chi connectivity index (χ1n) is 7.72. The van der Waals surface area contributed by atoms with Crippen LogP contribution in [0.25, 0.3) is 0 Å². The Morgan fingerprint density at radius 3 is 1.75 bits per heavy atom. The Bertz CT molecular complexity index is 242. The maximum Gasteiger partial charge on any atom is 0.239 e. The van der Waals surface area contributed by atoms with Crippen molar-refractivity contribution in [3.8, 4) is 0 Å². The Morgan fingerprint density at radius 1 is 0.950 bits per heavy atom. The summed E-state index contributed by atoms with van der Waals surface area (Å²) in [4.78, 5) is 18.6. The van der Waals surface area contributed by atoms with E-state index in [1.165, 1.54) is 0 Å². The SMILES string of the molecule is CCCC(N)C(=O)N(CCCN(C)C)CCCN(C)C. The fraction of sp³-hybridized carbons (Fsp3) is 0.933. The Hall–Kier alpha value is -0.650. The number of nitrogens with two attached hydrogens (primary N) is 1. The minimum atomic E-state index is -0.335. The minimum Gasteiger partial charge on any atom is -0.341 e. The van der Waals surface area contributed by atoms with Gasteiger partial charge in [0.2, 0.25) is 5.91 Å². The molecule has 0 bridgehead atoms. The lowest BCUT2D eigenvalue weighted by atomic mass is 10.1. The Balaban J connectivity index is 4.32. The van der Waals surface area contributed by atoms with Gasteiger partial charge in [-0.25, -0.2) is 0 Å². The first kappa shape index (κ1) is 19.4. The van der Waals surface area contributed by atoms with E-state index < -0.39 is 0 Å². The molecule has 0 spiro atoms. The number of nitrogens with zero attached hydrogens (tertiary/aromatic N) is 3. The first-order valence-corrected chi connectivity index (χ1v) is 7.72. The summed E-state index contributed by atoms with van der Waals surface area (Å²) in [5, 5.41) is 0. The van der Waals surface area contributed by atoms with E-state index >= 15 is 0 Å². The molecule has 120 valence electrons. The van der Waals surface area contributed by atoms with Gasteiger partial charge in [0.15, 0.2) is 0 Å². The average Bonchev–Trinajstić information content (AvgIpc) is 2.35. The van der Waals surface area contributed by atoms with Crippen molar-refractivity contribution >= 4 is 5.91 Å². The fourth-order valence-electron chi connectivity index (χ4n) is 2.16. The van der Waals surface area contributed by atoms with Crippen LogP contribution in [0.3, 0.4) is 0 Å². The molecular weight excluding hydrogens is 252 g/mol. The highest BCUT2D eigenvalue weighted by molar-refractivity contribution is 5.81. The summed E-state index contributed by atoms with van der Waals surface area (Å²) in [6, 6.07) is -0.335. The molecule has 20 heavy (non-hydrogen) atoms. The van der Waals surface area contributed by atoms with Crippen LogP contribution in [0.2, 0.25) is 0 Å². The van der Waals surface area contributed by atoms with E-state index in [2.05, 4.69) is 44.9 Å². The lowest BCUT2D eigenvalue weighted by molar-refractivity contribution is -0.133. The van der Waals surface area contributed by atoms with Gasteiger partial charge < -0.3 is 20.4 Å². The van der Waals surface area contributed by atoms with Gasteiger partial charge in [-0.15, -0.1) is 0 Å². The van der Waals surface area contributed by atoms with Gasteiger partial charge in [0.05, 0.1) is 6.04 Å². The summed E-state index contributed by atoms with van der Waals surface area (Å²) in [6.45, 7) is 5.68. The van der Waals surface area contributed by atoms with Crippen LogP contribution in [0.15, 0.2) is 0 Å². The molecule has 0 aliphatic carbocycles. The second-order valence-corrected chi connectivity index (χ2v) is 6.03. The summed E-state index contributed by atoms with van der Waals surface area (Å²) in [5.74, 6) is 0.115.